The lowest BCUT2D eigenvalue weighted by Gasteiger charge is -2.25. The standard InChI is InChI=1S/C14H20Cl2O2/c1-3-9(4-2)14(18)13(17)8-10-11(15)6-5-7-12(10)16/h5-7,9,13-14,17-18H,3-4,8H2,1-2H3. The lowest BCUT2D eigenvalue weighted by Crippen LogP contribution is -2.34. The van der Waals surface area contributed by atoms with Crippen molar-refractivity contribution in [2.24, 2.45) is 5.92 Å². The van der Waals surface area contributed by atoms with Crippen LogP contribution in [0.5, 0.6) is 0 Å². The van der Waals surface area contributed by atoms with Gasteiger partial charge in [0.1, 0.15) is 0 Å². The second-order valence-electron chi connectivity index (χ2n) is 4.54. The van der Waals surface area contributed by atoms with Crippen molar-refractivity contribution in [1.82, 2.24) is 0 Å². The quantitative estimate of drug-likeness (QED) is 0.839. The highest BCUT2D eigenvalue weighted by molar-refractivity contribution is 6.35. The van der Waals surface area contributed by atoms with Gasteiger partial charge in [0.05, 0.1) is 12.2 Å². The minimum Gasteiger partial charge on any atom is -0.390 e. The first-order valence-corrected chi connectivity index (χ1v) is 7.05. The van der Waals surface area contributed by atoms with E-state index < -0.39 is 12.2 Å². The molecule has 0 bridgehead atoms. The fraction of sp³-hybridized carbons (Fsp3) is 0.571. The van der Waals surface area contributed by atoms with E-state index in [0.717, 1.165) is 12.8 Å². The molecule has 1 aromatic rings. The Kier molecular flexibility index (Phi) is 6.44. The number of hydrogen-bond acceptors (Lipinski definition) is 2. The highest BCUT2D eigenvalue weighted by atomic mass is 35.5. The monoisotopic (exact) mass is 290 g/mol. The summed E-state index contributed by atoms with van der Waals surface area (Å²) in [5.74, 6) is 0.0984. The van der Waals surface area contributed by atoms with E-state index in [0.29, 0.717) is 15.6 Å². The number of benzene rings is 1. The van der Waals surface area contributed by atoms with Gasteiger partial charge in [-0.25, -0.2) is 0 Å². The first-order valence-electron chi connectivity index (χ1n) is 6.30. The number of aliphatic hydroxyl groups is 2. The Morgan fingerprint density at radius 3 is 2.00 bits per heavy atom. The third kappa shape index (κ3) is 3.86. The van der Waals surface area contributed by atoms with Crippen molar-refractivity contribution in [3.05, 3.63) is 33.8 Å². The molecule has 0 aliphatic carbocycles. The smallest absolute Gasteiger partial charge is 0.0843 e. The van der Waals surface area contributed by atoms with Crippen LogP contribution in [0.3, 0.4) is 0 Å². The van der Waals surface area contributed by atoms with Gasteiger partial charge in [0, 0.05) is 16.5 Å². The largest absolute Gasteiger partial charge is 0.390 e. The zero-order chi connectivity index (χ0) is 13.7. The molecule has 18 heavy (non-hydrogen) atoms. The molecular weight excluding hydrogens is 271 g/mol. The minimum atomic E-state index is -0.840. The summed E-state index contributed by atoms with van der Waals surface area (Å²) in [6.45, 7) is 4.01. The van der Waals surface area contributed by atoms with Gasteiger partial charge in [-0.15, -0.1) is 0 Å². The highest BCUT2D eigenvalue weighted by Crippen LogP contribution is 2.27. The minimum absolute atomic E-state index is 0.0984. The van der Waals surface area contributed by atoms with Gasteiger partial charge in [0.15, 0.2) is 0 Å². The van der Waals surface area contributed by atoms with Crippen molar-refractivity contribution < 1.29 is 10.2 Å². The number of halogens is 2. The fourth-order valence-electron chi connectivity index (χ4n) is 2.14. The SMILES string of the molecule is CCC(CC)C(O)C(O)Cc1c(Cl)cccc1Cl. The fourth-order valence-corrected chi connectivity index (χ4v) is 2.69. The third-order valence-electron chi connectivity index (χ3n) is 3.40. The Morgan fingerprint density at radius 1 is 1.06 bits per heavy atom. The van der Waals surface area contributed by atoms with Crippen LogP contribution in [0.1, 0.15) is 32.3 Å². The normalized spacial score (nSPS) is 14.8. The van der Waals surface area contributed by atoms with E-state index in [1.165, 1.54) is 0 Å². The maximum absolute atomic E-state index is 10.1. The number of rotatable bonds is 6. The molecule has 102 valence electrons. The topological polar surface area (TPSA) is 40.5 Å². The summed E-state index contributed by atoms with van der Waals surface area (Å²) in [5, 5.41) is 21.2. The van der Waals surface area contributed by atoms with Gasteiger partial charge in [-0.2, -0.15) is 0 Å². The summed E-state index contributed by atoms with van der Waals surface area (Å²) >= 11 is 12.1. The first-order chi connectivity index (χ1) is 8.51. The van der Waals surface area contributed by atoms with E-state index in [9.17, 15) is 10.2 Å². The molecular formula is C14H20Cl2O2. The summed E-state index contributed by atoms with van der Waals surface area (Å²) in [4.78, 5) is 0. The Balaban J connectivity index is 2.78. The molecule has 0 saturated heterocycles. The van der Waals surface area contributed by atoms with Crippen LogP contribution in [-0.4, -0.2) is 22.4 Å². The molecule has 0 saturated carbocycles. The molecule has 1 aromatic carbocycles. The maximum atomic E-state index is 10.1. The van der Waals surface area contributed by atoms with Crippen molar-refractivity contribution in [3.8, 4) is 0 Å². The molecule has 0 spiro atoms. The summed E-state index contributed by atoms with van der Waals surface area (Å²) in [7, 11) is 0. The van der Waals surface area contributed by atoms with Gasteiger partial charge in [-0.3, -0.25) is 0 Å². The van der Waals surface area contributed by atoms with Crippen LogP contribution in [-0.2, 0) is 6.42 Å². The zero-order valence-corrected chi connectivity index (χ0v) is 12.2. The van der Waals surface area contributed by atoms with Crippen molar-refractivity contribution in [2.45, 2.75) is 45.3 Å². The van der Waals surface area contributed by atoms with E-state index in [-0.39, 0.29) is 12.3 Å². The lowest BCUT2D eigenvalue weighted by molar-refractivity contribution is -0.0187. The predicted octanol–water partition coefficient (Wildman–Crippen LogP) is 3.69. The number of aliphatic hydroxyl groups excluding tert-OH is 2. The first kappa shape index (κ1) is 15.8. The van der Waals surface area contributed by atoms with E-state index >= 15 is 0 Å². The molecule has 2 atom stereocenters. The van der Waals surface area contributed by atoms with E-state index in [2.05, 4.69) is 0 Å². The van der Waals surface area contributed by atoms with E-state index in [4.69, 9.17) is 23.2 Å². The van der Waals surface area contributed by atoms with Crippen molar-refractivity contribution in [2.75, 3.05) is 0 Å². The van der Waals surface area contributed by atoms with Crippen LogP contribution in [0.2, 0.25) is 10.0 Å². The highest BCUT2D eigenvalue weighted by Gasteiger charge is 2.25. The summed E-state index contributed by atoms with van der Waals surface area (Å²) in [5.41, 5.74) is 0.693. The second kappa shape index (κ2) is 7.34. The van der Waals surface area contributed by atoms with E-state index in [1.54, 1.807) is 18.2 Å². The van der Waals surface area contributed by atoms with Gasteiger partial charge < -0.3 is 10.2 Å². The van der Waals surface area contributed by atoms with Crippen molar-refractivity contribution >= 4 is 23.2 Å². The van der Waals surface area contributed by atoms with Crippen molar-refractivity contribution in [3.63, 3.8) is 0 Å². The average molecular weight is 291 g/mol. The Labute approximate surface area is 119 Å². The molecule has 0 heterocycles. The molecule has 2 N–H and O–H groups in total. The molecule has 0 fully saturated rings. The van der Waals surface area contributed by atoms with Gasteiger partial charge >= 0.3 is 0 Å². The summed E-state index contributed by atoms with van der Waals surface area (Å²) in [6.07, 6.45) is 0.367. The van der Waals surface area contributed by atoms with E-state index in [1.807, 2.05) is 13.8 Å². The summed E-state index contributed by atoms with van der Waals surface area (Å²) < 4.78 is 0. The Morgan fingerprint density at radius 2 is 1.56 bits per heavy atom. The van der Waals surface area contributed by atoms with Crippen LogP contribution in [0.4, 0.5) is 0 Å². The molecule has 4 heteroatoms. The van der Waals surface area contributed by atoms with Gasteiger partial charge in [0.25, 0.3) is 0 Å². The Hall–Kier alpha value is -0.280. The molecule has 0 radical (unpaired) electrons. The molecule has 0 aromatic heterocycles. The van der Waals surface area contributed by atoms with Crippen LogP contribution >= 0.6 is 23.2 Å². The number of hydrogen-bond donors (Lipinski definition) is 2. The maximum Gasteiger partial charge on any atom is 0.0843 e. The second-order valence-corrected chi connectivity index (χ2v) is 5.35. The predicted molar refractivity (Wildman–Crippen MR) is 76.3 cm³/mol. The van der Waals surface area contributed by atoms with Crippen LogP contribution < -0.4 is 0 Å². The molecule has 2 unspecified atom stereocenters. The lowest BCUT2D eigenvalue weighted by atomic mass is 9.90. The van der Waals surface area contributed by atoms with Gasteiger partial charge in [-0.05, 0) is 23.6 Å². The van der Waals surface area contributed by atoms with Crippen molar-refractivity contribution in [1.29, 1.82) is 0 Å². The molecule has 0 aliphatic rings. The molecule has 0 aliphatic heterocycles. The molecule has 1 rings (SSSR count). The van der Waals surface area contributed by atoms with Gasteiger partial charge in [0.2, 0.25) is 0 Å². The molecule has 0 amide bonds. The Bertz CT molecular complexity index is 358. The molecule has 2 nitrogen and oxygen atoms in total. The zero-order valence-electron chi connectivity index (χ0n) is 10.7. The average Bonchev–Trinajstić information content (AvgIpc) is 2.35. The van der Waals surface area contributed by atoms with Crippen LogP contribution in [0.25, 0.3) is 0 Å². The van der Waals surface area contributed by atoms with Crippen LogP contribution in [0.15, 0.2) is 18.2 Å². The summed E-state index contributed by atoms with van der Waals surface area (Å²) in [6, 6.07) is 5.23. The third-order valence-corrected chi connectivity index (χ3v) is 4.11. The van der Waals surface area contributed by atoms with Gasteiger partial charge in [-0.1, -0.05) is 56.0 Å². The van der Waals surface area contributed by atoms with Crippen LogP contribution in [0, 0.1) is 5.92 Å².